The van der Waals surface area contributed by atoms with E-state index in [4.69, 9.17) is 0 Å². The summed E-state index contributed by atoms with van der Waals surface area (Å²) in [7, 11) is 0. The van der Waals surface area contributed by atoms with Crippen LogP contribution in [0.25, 0.3) is 53.5 Å². The topological polar surface area (TPSA) is 8.17 Å². The van der Waals surface area contributed by atoms with Crippen molar-refractivity contribution in [3.05, 3.63) is 137 Å². The van der Waals surface area contributed by atoms with Crippen molar-refractivity contribution < 1.29 is 0 Å². The Balaban J connectivity index is 1.36. The fourth-order valence-corrected chi connectivity index (χ4v) is 11.1. The van der Waals surface area contributed by atoms with Gasteiger partial charge in [-0.15, -0.1) is 11.3 Å². The average Bonchev–Trinajstić information content (AvgIpc) is 3.61. The van der Waals surface area contributed by atoms with Crippen LogP contribution in [0.1, 0.15) is 41.7 Å². The minimum Gasteiger partial charge on any atom is -0.367 e. The van der Waals surface area contributed by atoms with Crippen LogP contribution in [0.4, 0.5) is 17.1 Å². The van der Waals surface area contributed by atoms with Crippen molar-refractivity contribution in [1.29, 1.82) is 0 Å². The highest BCUT2D eigenvalue weighted by molar-refractivity contribution is 7.26. The quantitative estimate of drug-likeness (QED) is 0.164. The van der Waals surface area contributed by atoms with Gasteiger partial charge in [-0.25, -0.2) is 0 Å². The summed E-state index contributed by atoms with van der Waals surface area (Å²) in [6.45, 7) is 11.6. The second-order valence-corrected chi connectivity index (χ2v) is 15.7. The first-order chi connectivity index (χ1) is 23.3. The molecule has 2 nitrogen and oxygen atoms in total. The van der Waals surface area contributed by atoms with E-state index in [-0.39, 0.29) is 12.3 Å². The Bertz CT molecular complexity index is 2740. The number of benzene rings is 6. The lowest BCUT2D eigenvalue weighted by Gasteiger charge is -2.48. The van der Waals surface area contributed by atoms with Crippen molar-refractivity contribution in [2.45, 2.75) is 40.0 Å². The van der Waals surface area contributed by atoms with E-state index in [1.165, 1.54) is 109 Å². The van der Waals surface area contributed by atoms with Crippen LogP contribution in [-0.2, 0) is 5.41 Å². The van der Waals surface area contributed by atoms with Crippen LogP contribution in [0, 0.1) is 20.8 Å². The number of fused-ring (bicyclic) bond motifs is 11. The molecule has 11 rings (SSSR count). The van der Waals surface area contributed by atoms with E-state index < -0.39 is 0 Å². The van der Waals surface area contributed by atoms with Crippen LogP contribution in [0.2, 0.25) is 0 Å². The molecule has 2 aromatic heterocycles. The average molecular weight is 633 g/mol. The monoisotopic (exact) mass is 632 g/mol. The Morgan fingerprint density at radius 2 is 1.40 bits per heavy atom. The summed E-state index contributed by atoms with van der Waals surface area (Å²) in [5, 5.41) is 4.11. The largest absolute Gasteiger partial charge is 0.367 e. The second-order valence-electron chi connectivity index (χ2n) is 14.7. The fraction of sp³-hybridized carbons (Fsp3) is 0.136. The van der Waals surface area contributed by atoms with Gasteiger partial charge in [0.15, 0.2) is 0 Å². The van der Waals surface area contributed by atoms with E-state index in [1.54, 1.807) is 0 Å². The number of hydrogen-bond acceptors (Lipinski definition) is 2. The van der Waals surface area contributed by atoms with Crippen molar-refractivity contribution in [2.24, 2.45) is 0 Å². The summed E-state index contributed by atoms with van der Waals surface area (Å²) in [4.78, 5) is 4.00. The first-order valence-electron chi connectivity index (χ1n) is 17.1. The Kier molecular flexibility index (Phi) is 4.99. The van der Waals surface area contributed by atoms with Crippen LogP contribution in [0.15, 0.2) is 109 Å². The maximum atomic E-state index is 2.72. The number of anilines is 3. The molecule has 48 heavy (non-hydrogen) atoms. The molecule has 0 aliphatic carbocycles. The number of thiophene rings is 1. The maximum absolute atomic E-state index is 2.72. The molecule has 6 aromatic carbocycles. The van der Waals surface area contributed by atoms with E-state index in [9.17, 15) is 0 Å². The molecule has 0 unspecified atom stereocenters. The van der Waals surface area contributed by atoms with Crippen LogP contribution in [-0.4, -0.2) is 11.3 Å². The number of aryl methyl sites for hydroxylation is 3. The summed E-state index contributed by atoms with van der Waals surface area (Å²) in [5.74, 6) is 0. The zero-order valence-corrected chi connectivity index (χ0v) is 28.6. The molecule has 0 bridgehead atoms. The van der Waals surface area contributed by atoms with Crippen molar-refractivity contribution in [3.63, 3.8) is 0 Å². The highest BCUT2D eigenvalue weighted by atomic mass is 32.1. The number of para-hydroxylation sites is 3. The molecule has 0 radical (unpaired) electrons. The number of hydrogen-bond donors (Lipinski definition) is 0. The predicted molar refractivity (Wildman–Crippen MR) is 207 cm³/mol. The van der Waals surface area contributed by atoms with Gasteiger partial charge in [-0.2, -0.15) is 0 Å². The summed E-state index contributed by atoms with van der Waals surface area (Å²) < 4.78 is 4.08. The summed E-state index contributed by atoms with van der Waals surface area (Å²) >= 11 is 1.95. The zero-order chi connectivity index (χ0) is 32.2. The second kappa shape index (κ2) is 8.89. The van der Waals surface area contributed by atoms with Gasteiger partial charge in [-0.1, -0.05) is 104 Å². The van der Waals surface area contributed by atoms with Crippen molar-refractivity contribution in [1.82, 2.24) is 4.48 Å². The molecule has 228 valence electrons. The van der Waals surface area contributed by atoms with E-state index in [0.29, 0.717) is 0 Å². The van der Waals surface area contributed by atoms with E-state index >= 15 is 0 Å². The van der Waals surface area contributed by atoms with Gasteiger partial charge >= 0.3 is 6.85 Å². The molecule has 0 atom stereocenters. The lowest BCUT2D eigenvalue weighted by Crippen LogP contribution is -2.58. The molecule has 3 aliphatic rings. The third kappa shape index (κ3) is 3.11. The normalized spacial score (nSPS) is 14.9. The molecule has 0 saturated heterocycles. The number of aromatic nitrogens is 1. The van der Waals surface area contributed by atoms with Crippen molar-refractivity contribution in [3.8, 4) is 22.3 Å². The van der Waals surface area contributed by atoms with Gasteiger partial charge in [0.25, 0.3) is 0 Å². The first-order valence-corrected chi connectivity index (χ1v) is 17.9. The van der Waals surface area contributed by atoms with E-state index in [0.717, 1.165) is 0 Å². The smallest absolute Gasteiger partial charge is 0.333 e. The van der Waals surface area contributed by atoms with Crippen LogP contribution < -0.4 is 15.8 Å². The molecular formula is C44H33BN2S. The number of nitrogens with zero attached hydrogens (tertiary/aromatic N) is 2. The van der Waals surface area contributed by atoms with E-state index in [2.05, 4.69) is 153 Å². The van der Waals surface area contributed by atoms with Gasteiger partial charge in [0.2, 0.25) is 0 Å². The maximum Gasteiger partial charge on any atom is 0.333 e. The lowest BCUT2D eigenvalue weighted by molar-refractivity contribution is 0.632. The minimum absolute atomic E-state index is 0.0690. The predicted octanol–water partition coefficient (Wildman–Crippen LogP) is 10.7. The third-order valence-electron chi connectivity index (χ3n) is 11.6. The summed E-state index contributed by atoms with van der Waals surface area (Å²) in [6, 6.07) is 41.9. The van der Waals surface area contributed by atoms with Gasteiger partial charge in [-0.3, -0.25) is 0 Å². The van der Waals surface area contributed by atoms with Gasteiger partial charge in [0.1, 0.15) is 0 Å². The van der Waals surface area contributed by atoms with Gasteiger partial charge in [0, 0.05) is 48.7 Å². The Labute approximate surface area is 285 Å². The Morgan fingerprint density at radius 1 is 0.667 bits per heavy atom. The van der Waals surface area contributed by atoms with Crippen LogP contribution in [0.5, 0.6) is 0 Å². The summed E-state index contributed by atoms with van der Waals surface area (Å²) in [5.41, 5.74) is 20.1. The molecule has 0 fully saturated rings. The van der Waals surface area contributed by atoms with Gasteiger partial charge in [-0.05, 0) is 94.9 Å². The highest BCUT2D eigenvalue weighted by Crippen LogP contribution is 2.55. The molecule has 8 aromatic rings. The van der Waals surface area contributed by atoms with Crippen molar-refractivity contribution >= 4 is 77.4 Å². The molecular weight excluding hydrogens is 599 g/mol. The highest BCUT2D eigenvalue weighted by Gasteiger charge is 2.48. The van der Waals surface area contributed by atoms with Crippen molar-refractivity contribution in [2.75, 3.05) is 4.90 Å². The standard InChI is InChI=1S/C44H33BN2S/c1-24-20-25(2)38(26(3)21-24)27-22-31-28-13-10-14-30-39-29-12-6-9-19-37(29)48-43(39)47(41(28)30)45-34-17-11-16-33-42(34)46(36(23-27)40(31)45)35-18-8-7-15-32(35)44(33,4)5/h6-23H,1-5H3. The first kappa shape index (κ1) is 27.0. The fourth-order valence-electron chi connectivity index (χ4n) is 9.82. The molecule has 0 amide bonds. The molecule has 4 heteroatoms. The molecule has 3 aliphatic heterocycles. The summed E-state index contributed by atoms with van der Waals surface area (Å²) in [6.07, 6.45) is 0. The molecule has 0 N–H and O–H groups in total. The SMILES string of the molecule is Cc1cc(C)c(-c2cc3c4c(c2)N2c5ccccc5C(C)(C)c5cccc(c52)B4n2c4sc5ccccc5c4c4cccc-3c42)c(C)c1. The zero-order valence-electron chi connectivity index (χ0n) is 27.8. The molecule has 0 saturated carbocycles. The van der Waals surface area contributed by atoms with Crippen LogP contribution >= 0.6 is 11.3 Å². The Morgan fingerprint density at radius 3 is 2.25 bits per heavy atom. The molecule has 5 heterocycles. The minimum atomic E-state index is -0.133. The lowest BCUT2D eigenvalue weighted by atomic mass is 9.44. The van der Waals surface area contributed by atoms with E-state index in [1.807, 2.05) is 11.3 Å². The van der Waals surface area contributed by atoms with Gasteiger partial charge in [0.05, 0.1) is 10.5 Å². The Hall–Kier alpha value is -5.06. The van der Waals surface area contributed by atoms with Crippen LogP contribution in [0.3, 0.4) is 0 Å². The number of rotatable bonds is 1. The third-order valence-corrected chi connectivity index (χ3v) is 12.8. The molecule has 0 spiro atoms. The van der Waals surface area contributed by atoms with Gasteiger partial charge < -0.3 is 9.38 Å².